The fourth-order valence-corrected chi connectivity index (χ4v) is 4.20. The number of carbonyl (C=O) groups is 1. The Morgan fingerprint density at radius 3 is 2.60 bits per heavy atom. The zero-order valence-corrected chi connectivity index (χ0v) is 21.6. The van der Waals surface area contributed by atoms with E-state index in [1.54, 1.807) is 27.2 Å². The zero-order chi connectivity index (χ0) is 25.5. The molecule has 186 valence electrons. The van der Waals surface area contributed by atoms with Crippen molar-refractivity contribution in [2.24, 2.45) is 4.99 Å². The number of aliphatic imine (C=N–C) groups is 1. The summed E-state index contributed by atoms with van der Waals surface area (Å²) < 4.78 is 22.4. The van der Waals surface area contributed by atoms with Crippen LogP contribution in [0.25, 0.3) is 16.8 Å². The fraction of sp³-hybridized carbons (Fsp3) is 0.393. The second kappa shape index (κ2) is 11.8. The number of pyridine rings is 1. The molecular weight excluding hydrogens is 443 g/mol. The maximum absolute atomic E-state index is 14.2. The van der Waals surface area contributed by atoms with E-state index >= 15 is 0 Å². The van der Waals surface area contributed by atoms with E-state index in [0.29, 0.717) is 24.5 Å². The molecule has 3 aromatic rings. The van der Waals surface area contributed by atoms with E-state index < -0.39 is 0 Å². The molecule has 6 nitrogen and oxygen atoms in total. The topological polar surface area (TPSA) is 59.2 Å². The molecular formula is C28H35FN4O2. The minimum atomic E-state index is -0.363. The average Bonchev–Trinajstić information content (AvgIpc) is 3.25. The molecule has 0 aliphatic heterocycles. The highest BCUT2D eigenvalue weighted by Crippen LogP contribution is 2.32. The molecule has 1 aromatic carbocycles. The van der Waals surface area contributed by atoms with Gasteiger partial charge in [0, 0.05) is 62.8 Å². The van der Waals surface area contributed by atoms with Crippen LogP contribution in [0.3, 0.4) is 0 Å². The standard InChI is InChI=1S/C28H35FN4O2/c1-7-9-19(3)23(27(30-4)28(34)32(5)6)14-15-35-25-16-21(29)11-12-24(25)20-10-13-26-31-17-22(8-2)33(26)18-20/h10-13,16-18H,7-9,14-15H2,1-6H3/b23-19-,30-27+. The minimum Gasteiger partial charge on any atom is -0.492 e. The third-order valence-corrected chi connectivity index (χ3v) is 6.07. The van der Waals surface area contributed by atoms with Gasteiger partial charge in [0.15, 0.2) is 0 Å². The predicted molar refractivity (Wildman–Crippen MR) is 140 cm³/mol. The second-order valence-corrected chi connectivity index (χ2v) is 8.77. The number of halogens is 1. The number of hydrogen-bond donors (Lipinski definition) is 0. The lowest BCUT2D eigenvalue weighted by Gasteiger charge is -2.19. The summed E-state index contributed by atoms with van der Waals surface area (Å²) in [5.74, 6) is -0.0353. The SMILES string of the molecule is CCC/C(C)=C(CCOc1cc(F)ccc1-c1ccc2ncc(CC)n2c1)\C(=N/C)C(=O)N(C)C. The summed E-state index contributed by atoms with van der Waals surface area (Å²) in [5.41, 5.74) is 6.13. The molecule has 0 spiro atoms. The van der Waals surface area contributed by atoms with E-state index in [0.717, 1.165) is 52.9 Å². The van der Waals surface area contributed by atoms with Gasteiger partial charge in [-0.3, -0.25) is 9.79 Å². The Morgan fingerprint density at radius 2 is 1.94 bits per heavy atom. The van der Waals surface area contributed by atoms with Crippen LogP contribution in [0.15, 0.2) is 58.9 Å². The Bertz CT molecular complexity index is 1260. The number of benzene rings is 1. The van der Waals surface area contributed by atoms with Gasteiger partial charge >= 0.3 is 0 Å². The predicted octanol–water partition coefficient (Wildman–Crippen LogP) is 5.75. The van der Waals surface area contributed by atoms with E-state index in [9.17, 15) is 9.18 Å². The summed E-state index contributed by atoms with van der Waals surface area (Å²) in [6.45, 7) is 6.52. The molecule has 35 heavy (non-hydrogen) atoms. The average molecular weight is 479 g/mol. The van der Waals surface area contributed by atoms with Gasteiger partial charge in [0.2, 0.25) is 0 Å². The molecule has 2 heterocycles. The Morgan fingerprint density at radius 1 is 1.17 bits per heavy atom. The summed E-state index contributed by atoms with van der Waals surface area (Å²) in [6.07, 6.45) is 7.06. The van der Waals surface area contributed by atoms with Crippen molar-refractivity contribution in [1.82, 2.24) is 14.3 Å². The molecule has 2 aromatic heterocycles. The molecule has 0 aliphatic rings. The third-order valence-electron chi connectivity index (χ3n) is 6.07. The lowest BCUT2D eigenvalue weighted by Crippen LogP contribution is -2.32. The van der Waals surface area contributed by atoms with Crippen molar-refractivity contribution in [2.75, 3.05) is 27.7 Å². The number of fused-ring (bicyclic) bond motifs is 1. The van der Waals surface area contributed by atoms with Crippen LogP contribution in [0.1, 0.15) is 45.7 Å². The van der Waals surface area contributed by atoms with Gasteiger partial charge in [0.1, 0.15) is 22.9 Å². The summed E-state index contributed by atoms with van der Waals surface area (Å²) in [4.78, 5) is 23.0. The first-order valence-electron chi connectivity index (χ1n) is 12.1. The van der Waals surface area contributed by atoms with Crippen LogP contribution in [0.2, 0.25) is 0 Å². The summed E-state index contributed by atoms with van der Waals surface area (Å²) >= 11 is 0. The number of nitrogens with zero attached hydrogens (tertiary/aromatic N) is 4. The summed E-state index contributed by atoms with van der Waals surface area (Å²) in [7, 11) is 5.08. The van der Waals surface area contributed by atoms with Gasteiger partial charge in [-0.05, 0) is 49.6 Å². The third kappa shape index (κ3) is 5.96. The highest BCUT2D eigenvalue weighted by molar-refractivity contribution is 6.45. The van der Waals surface area contributed by atoms with Crippen molar-refractivity contribution >= 4 is 17.3 Å². The van der Waals surface area contributed by atoms with Crippen LogP contribution in [-0.2, 0) is 11.2 Å². The largest absolute Gasteiger partial charge is 0.492 e. The molecule has 0 bridgehead atoms. The molecule has 0 saturated heterocycles. The number of allylic oxidation sites excluding steroid dienone is 1. The number of aromatic nitrogens is 2. The Kier molecular flexibility index (Phi) is 8.79. The van der Waals surface area contributed by atoms with Gasteiger partial charge in [-0.1, -0.05) is 25.8 Å². The minimum absolute atomic E-state index is 0.134. The van der Waals surface area contributed by atoms with Crippen molar-refractivity contribution < 1.29 is 13.9 Å². The van der Waals surface area contributed by atoms with E-state index in [2.05, 4.69) is 23.8 Å². The number of amides is 1. The van der Waals surface area contributed by atoms with Crippen molar-refractivity contribution in [1.29, 1.82) is 0 Å². The number of ether oxygens (including phenoxy) is 1. The number of carbonyl (C=O) groups excluding carboxylic acids is 1. The summed E-state index contributed by atoms with van der Waals surface area (Å²) in [6, 6.07) is 8.51. The lowest BCUT2D eigenvalue weighted by molar-refractivity contribution is -0.121. The van der Waals surface area contributed by atoms with E-state index in [4.69, 9.17) is 4.74 Å². The van der Waals surface area contributed by atoms with Crippen molar-refractivity contribution in [3.8, 4) is 16.9 Å². The smallest absolute Gasteiger partial charge is 0.271 e. The van der Waals surface area contributed by atoms with Crippen molar-refractivity contribution in [3.05, 3.63) is 65.4 Å². The van der Waals surface area contributed by atoms with E-state index in [1.165, 1.54) is 17.0 Å². The van der Waals surface area contributed by atoms with E-state index in [-0.39, 0.29) is 11.7 Å². The Hall–Kier alpha value is -3.48. The maximum atomic E-state index is 14.2. The number of hydrogen-bond acceptors (Lipinski definition) is 4. The Labute approximate surface area is 207 Å². The van der Waals surface area contributed by atoms with Crippen molar-refractivity contribution in [2.45, 2.75) is 46.5 Å². The molecule has 7 heteroatoms. The van der Waals surface area contributed by atoms with Gasteiger partial charge < -0.3 is 14.0 Å². The van der Waals surface area contributed by atoms with Gasteiger partial charge in [-0.15, -0.1) is 0 Å². The number of aryl methyl sites for hydroxylation is 1. The number of imidazole rings is 1. The number of rotatable bonds is 10. The van der Waals surface area contributed by atoms with Gasteiger partial charge in [-0.25, -0.2) is 9.37 Å². The first kappa shape index (κ1) is 26.1. The Balaban J connectivity index is 1.90. The molecule has 0 aliphatic carbocycles. The van der Waals surface area contributed by atoms with Crippen LogP contribution in [-0.4, -0.2) is 53.7 Å². The van der Waals surface area contributed by atoms with Crippen LogP contribution in [0.4, 0.5) is 4.39 Å². The molecule has 1 amide bonds. The quantitative estimate of drug-likeness (QED) is 0.349. The highest BCUT2D eigenvalue weighted by Gasteiger charge is 2.20. The molecule has 3 rings (SSSR count). The van der Waals surface area contributed by atoms with Crippen LogP contribution < -0.4 is 4.74 Å². The lowest BCUT2D eigenvalue weighted by atomic mass is 9.97. The van der Waals surface area contributed by atoms with Crippen LogP contribution in [0.5, 0.6) is 5.75 Å². The summed E-state index contributed by atoms with van der Waals surface area (Å²) in [5, 5.41) is 0. The fourth-order valence-electron chi connectivity index (χ4n) is 4.20. The van der Waals surface area contributed by atoms with Crippen LogP contribution >= 0.6 is 0 Å². The molecule has 0 N–H and O–H groups in total. The van der Waals surface area contributed by atoms with Gasteiger partial charge in [0.25, 0.3) is 5.91 Å². The molecule has 0 fully saturated rings. The highest BCUT2D eigenvalue weighted by atomic mass is 19.1. The van der Waals surface area contributed by atoms with Gasteiger partial charge in [0.05, 0.1) is 6.61 Å². The first-order valence-corrected chi connectivity index (χ1v) is 12.1. The van der Waals surface area contributed by atoms with E-state index in [1.807, 2.05) is 35.9 Å². The molecule has 0 radical (unpaired) electrons. The molecule has 0 unspecified atom stereocenters. The zero-order valence-electron chi connectivity index (χ0n) is 21.6. The van der Waals surface area contributed by atoms with Crippen molar-refractivity contribution in [3.63, 3.8) is 0 Å². The van der Waals surface area contributed by atoms with Gasteiger partial charge in [-0.2, -0.15) is 0 Å². The van der Waals surface area contributed by atoms with Crippen LogP contribution in [0, 0.1) is 5.82 Å². The monoisotopic (exact) mass is 478 g/mol. The molecule has 0 saturated carbocycles. The second-order valence-electron chi connectivity index (χ2n) is 8.77. The first-order chi connectivity index (χ1) is 16.8. The molecule has 0 atom stereocenters. The normalized spacial score (nSPS) is 12.6. The maximum Gasteiger partial charge on any atom is 0.271 e.